The Hall–Kier alpha value is -0.420. The van der Waals surface area contributed by atoms with Gasteiger partial charge in [-0.15, -0.1) is 5.10 Å². The van der Waals surface area contributed by atoms with E-state index in [1.165, 1.54) is 17.8 Å². The maximum atomic E-state index is 4.66. The zero-order chi connectivity index (χ0) is 9.92. The van der Waals surface area contributed by atoms with E-state index < -0.39 is 0 Å². The molecule has 0 spiro atoms. The molecule has 3 nitrogen and oxygen atoms in total. The number of halogens is 1. The molecular weight excluding hydrogens is 262 g/mol. The van der Waals surface area contributed by atoms with Crippen molar-refractivity contribution >= 4 is 32.2 Å². The molecule has 0 aliphatic heterocycles. The first kappa shape index (κ1) is 8.85. The molecule has 0 amide bonds. The molecule has 0 fully saturated rings. The molecule has 0 bridgehead atoms. The minimum absolute atomic E-state index is 0.231. The van der Waals surface area contributed by atoms with E-state index in [4.69, 9.17) is 0 Å². The van der Waals surface area contributed by atoms with Gasteiger partial charge < -0.3 is 0 Å². The average molecular weight is 272 g/mol. The molecule has 0 unspecified atom stereocenters. The van der Waals surface area contributed by atoms with Gasteiger partial charge in [0.25, 0.3) is 0 Å². The first-order chi connectivity index (χ1) is 6.58. The van der Waals surface area contributed by atoms with Gasteiger partial charge in [0.05, 0.1) is 11.4 Å². The van der Waals surface area contributed by atoms with Gasteiger partial charge in [0, 0.05) is 5.41 Å². The molecule has 0 aromatic carbocycles. The van der Waals surface area contributed by atoms with Gasteiger partial charge in [-0.05, 0) is 28.8 Å². The number of hydrogen-bond donors (Lipinski definition) is 0. The van der Waals surface area contributed by atoms with E-state index in [0.717, 1.165) is 15.3 Å². The van der Waals surface area contributed by atoms with Crippen LogP contribution in [-0.4, -0.2) is 14.6 Å². The van der Waals surface area contributed by atoms with Crippen LogP contribution in [-0.2, 0) is 11.8 Å². The molecule has 3 rings (SSSR count). The van der Waals surface area contributed by atoms with Crippen molar-refractivity contribution in [2.45, 2.75) is 32.1 Å². The van der Waals surface area contributed by atoms with Crippen molar-refractivity contribution in [3.63, 3.8) is 0 Å². The summed E-state index contributed by atoms with van der Waals surface area (Å²) in [7, 11) is 0. The van der Waals surface area contributed by atoms with E-state index in [1.807, 2.05) is 4.52 Å². The minimum atomic E-state index is 0.231. The third kappa shape index (κ3) is 1.02. The Morgan fingerprint density at radius 1 is 1.50 bits per heavy atom. The molecule has 2 heterocycles. The van der Waals surface area contributed by atoms with Crippen LogP contribution in [0.25, 0.3) is 4.96 Å². The quantitative estimate of drug-likeness (QED) is 0.738. The van der Waals surface area contributed by atoms with Gasteiger partial charge in [0.15, 0.2) is 3.92 Å². The molecule has 0 atom stereocenters. The van der Waals surface area contributed by atoms with Gasteiger partial charge in [-0.2, -0.15) is 0 Å². The van der Waals surface area contributed by atoms with Crippen LogP contribution in [0.2, 0.25) is 0 Å². The maximum Gasteiger partial charge on any atom is 0.213 e. The molecule has 74 valence electrons. The summed E-state index contributed by atoms with van der Waals surface area (Å²) in [5.74, 6) is 0. The minimum Gasteiger partial charge on any atom is -0.222 e. The molecule has 1 aliphatic carbocycles. The van der Waals surface area contributed by atoms with Crippen LogP contribution in [0.5, 0.6) is 0 Å². The topological polar surface area (TPSA) is 30.2 Å². The van der Waals surface area contributed by atoms with Crippen molar-refractivity contribution in [2.75, 3.05) is 0 Å². The molecule has 2 aromatic heterocycles. The van der Waals surface area contributed by atoms with Crippen LogP contribution in [0.15, 0.2) is 3.92 Å². The molecule has 0 saturated carbocycles. The van der Waals surface area contributed by atoms with E-state index >= 15 is 0 Å². The summed E-state index contributed by atoms with van der Waals surface area (Å²) >= 11 is 4.98. The largest absolute Gasteiger partial charge is 0.222 e. The van der Waals surface area contributed by atoms with E-state index in [1.54, 1.807) is 11.3 Å². The second kappa shape index (κ2) is 2.58. The van der Waals surface area contributed by atoms with Gasteiger partial charge in [-0.1, -0.05) is 25.2 Å². The van der Waals surface area contributed by atoms with Crippen molar-refractivity contribution in [1.29, 1.82) is 0 Å². The Morgan fingerprint density at radius 2 is 2.29 bits per heavy atom. The Kier molecular flexibility index (Phi) is 1.63. The number of hydrogen-bond acceptors (Lipinski definition) is 3. The zero-order valence-electron chi connectivity index (χ0n) is 8.04. The van der Waals surface area contributed by atoms with Gasteiger partial charge in [0.1, 0.15) is 0 Å². The monoisotopic (exact) mass is 271 g/mol. The molecule has 0 N–H and O–H groups in total. The van der Waals surface area contributed by atoms with Crippen molar-refractivity contribution in [1.82, 2.24) is 14.6 Å². The lowest BCUT2D eigenvalue weighted by molar-refractivity contribution is 0.510. The first-order valence-electron chi connectivity index (χ1n) is 4.62. The SMILES string of the molecule is CC1(C)CCc2c1nc1sc(Br)nn21. The maximum absolute atomic E-state index is 4.66. The average Bonchev–Trinajstić information content (AvgIpc) is 2.64. The first-order valence-corrected chi connectivity index (χ1v) is 6.23. The number of rotatable bonds is 0. The second-order valence-electron chi connectivity index (χ2n) is 4.34. The van der Waals surface area contributed by atoms with Crippen LogP contribution in [0, 0.1) is 0 Å². The predicted molar refractivity (Wildman–Crippen MR) is 59.9 cm³/mol. The van der Waals surface area contributed by atoms with Crippen LogP contribution in [0.3, 0.4) is 0 Å². The van der Waals surface area contributed by atoms with Crippen molar-refractivity contribution < 1.29 is 0 Å². The highest BCUT2D eigenvalue weighted by Gasteiger charge is 2.35. The van der Waals surface area contributed by atoms with Crippen molar-refractivity contribution in [3.8, 4) is 0 Å². The van der Waals surface area contributed by atoms with Crippen molar-refractivity contribution in [3.05, 3.63) is 15.3 Å². The van der Waals surface area contributed by atoms with Crippen LogP contribution in [0.1, 0.15) is 31.7 Å². The number of aryl methyl sites for hydroxylation is 1. The number of imidazole rings is 1. The number of nitrogens with zero attached hydrogens (tertiary/aromatic N) is 3. The summed E-state index contributed by atoms with van der Waals surface area (Å²) in [5, 5.41) is 4.40. The van der Waals surface area contributed by atoms with E-state index in [9.17, 15) is 0 Å². The smallest absolute Gasteiger partial charge is 0.213 e. The third-order valence-electron chi connectivity index (χ3n) is 2.90. The van der Waals surface area contributed by atoms with Crippen LogP contribution in [0.4, 0.5) is 0 Å². The summed E-state index contributed by atoms with van der Waals surface area (Å²) in [5.41, 5.74) is 2.77. The summed E-state index contributed by atoms with van der Waals surface area (Å²) < 4.78 is 2.89. The lowest BCUT2D eigenvalue weighted by atomic mass is 9.91. The molecule has 0 radical (unpaired) electrons. The van der Waals surface area contributed by atoms with E-state index in [2.05, 4.69) is 39.9 Å². The van der Waals surface area contributed by atoms with E-state index in [0.29, 0.717) is 0 Å². The fraction of sp³-hybridized carbons (Fsp3) is 0.556. The Bertz CT molecular complexity index is 511. The van der Waals surface area contributed by atoms with Crippen LogP contribution >= 0.6 is 27.3 Å². The highest BCUT2D eigenvalue weighted by atomic mass is 79.9. The summed E-state index contributed by atoms with van der Waals surface area (Å²) in [4.78, 5) is 5.66. The van der Waals surface area contributed by atoms with Gasteiger partial charge in [0.2, 0.25) is 4.96 Å². The Labute approximate surface area is 94.3 Å². The second-order valence-corrected chi connectivity index (χ2v) is 6.57. The third-order valence-corrected chi connectivity index (χ3v) is 4.24. The summed E-state index contributed by atoms with van der Waals surface area (Å²) in [6, 6.07) is 0. The highest BCUT2D eigenvalue weighted by molar-refractivity contribution is 9.11. The molecule has 0 saturated heterocycles. The summed E-state index contributed by atoms with van der Waals surface area (Å²) in [6.45, 7) is 4.51. The fourth-order valence-electron chi connectivity index (χ4n) is 2.08. The van der Waals surface area contributed by atoms with Gasteiger partial charge in [-0.3, -0.25) is 0 Å². The van der Waals surface area contributed by atoms with Crippen LogP contribution < -0.4 is 0 Å². The van der Waals surface area contributed by atoms with Gasteiger partial charge >= 0.3 is 0 Å². The zero-order valence-corrected chi connectivity index (χ0v) is 10.4. The number of aromatic nitrogens is 3. The lowest BCUT2D eigenvalue weighted by Crippen LogP contribution is -2.12. The fourth-order valence-corrected chi connectivity index (χ4v) is 3.32. The molecule has 2 aromatic rings. The predicted octanol–water partition coefficient (Wildman–Crippen LogP) is 2.78. The molecular formula is C9H10BrN3S. The van der Waals surface area contributed by atoms with Gasteiger partial charge in [-0.25, -0.2) is 9.50 Å². The molecule has 1 aliphatic rings. The number of fused-ring (bicyclic) bond motifs is 3. The normalized spacial score (nSPS) is 19.1. The Balaban J connectivity index is 2.34. The Morgan fingerprint density at radius 3 is 3.07 bits per heavy atom. The van der Waals surface area contributed by atoms with Crippen molar-refractivity contribution in [2.24, 2.45) is 0 Å². The van der Waals surface area contributed by atoms with E-state index in [-0.39, 0.29) is 5.41 Å². The summed E-state index contributed by atoms with van der Waals surface area (Å²) in [6.07, 6.45) is 2.28. The molecule has 5 heteroatoms. The standard InChI is InChI=1S/C9H10BrN3S/c1-9(2)4-3-5-6(9)11-8-13(5)12-7(10)14-8/h3-4H2,1-2H3. The lowest BCUT2D eigenvalue weighted by Gasteiger charge is -2.14. The highest BCUT2D eigenvalue weighted by Crippen LogP contribution is 2.39. The molecule has 14 heavy (non-hydrogen) atoms.